The number of methoxy groups -OCH3 is 1. The Hall–Kier alpha value is -4.04. The molecule has 0 spiro atoms. The summed E-state index contributed by atoms with van der Waals surface area (Å²) in [6.45, 7) is 7.22. The average molecular weight is 407 g/mol. The zero-order valence-electron chi connectivity index (χ0n) is 17.7. The van der Waals surface area contributed by atoms with Crippen molar-refractivity contribution in [3.8, 4) is 11.5 Å². The fraction of sp³-hybridized carbons (Fsp3) is 0.0345. The molecular weight excluding hydrogens is 380 g/mol. The van der Waals surface area contributed by atoms with Crippen LogP contribution < -0.4 is 4.74 Å². The Bertz CT molecular complexity index is 1140. The fourth-order valence-electron chi connectivity index (χ4n) is 3.21. The Balaban J connectivity index is 0.000000134. The van der Waals surface area contributed by atoms with Crippen LogP contribution in [-0.2, 0) is 0 Å². The number of benzene rings is 4. The van der Waals surface area contributed by atoms with Gasteiger partial charge in [-0.15, -0.1) is 0 Å². The van der Waals surface area contributed by atoms with E-state index >= 15 is 0 Å². The van der Waals surface area contributed by atoms with Crippen molar-refractivity contribution in [2.24, 2.45) is 0 Å². The molecule has 0 atom stereocenters. The highest BCUT2D eigenvalue weighted by atomic mass is 16.5. The van der Waals surface area contributed by atoms with E-state index in [9.17, 15) is 0 Å². The van der Waals surface area contributed by atoms with E-state index < -0.39 is 0 Å². The molecular formula is C29H26O2. The van der Waals surface area contributed by atoms with Crippen LogP contribution in [0.4, 0.5) is 0 Å². The van der Waals surface area contributed by atoms with Crippen LogP contribution in [0.2, 0.25) is 0 Å². The molecule has 2 heteroatoms. The Morgan fingerprint density at radius 1 is 0.677 bits per heavy atom. The van der Waals surface area contributed by atoms with Gasteiger partial charge in [0.05, 0.1) is 7.11 Å². The molecule has 4 aromatic rings. The second kappa shape index (κ2) is 10.7. The number of phenolic OH excluding ortho intramolecular Hbond substituents is 1. The fourth-order valence-corrected chi connectivity index (χ4v) is 3.21. The Kier molecular flexibility index (Phi) is 7.45. The van der Waals surface area contributed by atoms with Crippen LogP contribution in [0.15, 0.2) is 98.1 Å². The van der Waals surface area contributed by atoms with Crippen LogP contribution in [-0.4, -0.2) is 12.2 Å². The van der Waals surface area contributed by atoms with Crippen LogP contribution in [0.5, 0.6) is 11.5 Å². The predicted octanol–water partition coefficient (Wildman–Crippen LogP) is 7.70. The van der Waals surface area contributed by atoms with E-state index in [0.717, 1.165) is 16.9 Å². The Morgan fingerprint density at radius 3 is 1.61 bits per heavy atom. The first-order valence-corrected chi connectivity index (χ1v) is 10.0. The maximum Gasteiger partial charge on any atom is 0.118 e. The van der Waals surface area contributed by atoms with Crippen molar-refractivity contribution in [2.45, 2.75) is 0 Å². The standard InChI is InChI=1S/C12H8.C9H10O.C8H8O/c1-3-9-4-2-6-11-8-7-10(5-1)12(9)11;1-3-8-4-6-9(10-2)7-5-8;1-2-7-3-5-8(9)6-4-7/h1-8H;3-7H,1H2,2H3;2-6,9H,1H2. The average Bonchev–Trinajstić information content (AvgIpc) is 3.26. The smallest absolute Gasteiger partial charge is 0.118 e. The number of hydrogen-bond donors (Lipinski definition) is 1. The summed E-state index contributed by atoms with van der Waals surface area (Å²) >= 11 is 0. The zero-order valence-corrected chi connectivity index (χ0v) is 17.7. The van der Waals surface area contributed by atoms with Gasteiger partial charge in [-0.1, -0.05) is 98.1 Å². The van der Waals surface area contributed by atoms with Gasteiger partial charge in [0.1, 0.15) is 11.5 Å². The molecule has 0 bridgehead atoms. The number of hydrogen-bond acceptors (Lipinski definition) is 2. The molecule has 31 heavy (non-hydrogen) atoms. The first kappa shape index (κ1) is 21.7. The van der Waals surface area contributed by atoms with Crippen molar-refractivity contribution < 1.29 is 9.84 Å². The summed E-state index contributed by atoms with van der Waals surface area (Å²) in [6.07, 6.45) is 7.90. The van der Waals surface area contributed by atoms with E-state index in [4.69, 9.17) is 9.84 Å². The Labute approximate surface area is 184 Å². The minimum atomic E-state index is 0.292. The topological polar surface area (TPSA) is 29.5 Å². The molecule has 0 aromatic heterocycles. The highest BCUT2D eigenvalue weighted by Crippen LogP contribution is 2.30. The van der Waals surface area contributed by atoms with E-state index in [1.807, 2.05) is 36.4 Å². The van der Waals surface area contributed by atoms with Gasteiger partial charge < -0.3 is 9.84 Å². The SMILES string of the molecule is C1=Cc2cccc3cccc1c23.C=Cc1ccc(O)cc1.C=Cc1ccc(OC)cc1. The largest absolute Gasteiger partial charge is 0.508 e. The molecule has 0 fully saturated rings. The van der Waals surface area contributed by atoms with Crippen LogP contribution in [0, 0.1) is 0 Å². The molecule has 0 heterocycles. The second-order valence-electron chi connectivity index (χ2n) is 6.90. The summed E-state index contributed by atoms with van der Waals surface area (Å²) in [7, 11) is 1.66. The van der Waals surface area contributed by atoms with E-state index in [-0.39, 0.29) is 0 Å². The number of aromatic hydroxyl groups is 1. The van der Waals surface area contributed by atoms with Crippen molar-refractivity contribution in [3.63, 3.8) is 0 Å². The summed E-state index contributed by atoms with van der Waals surface area (Å²) < 4.78 is 4.98. The number of rotatable bonds is 3. The minimum Gasteiger partial charge on any atom is -0.508 e. The van der Waals surface area contributed by atoms with Crippen LogP contribution in [0.25, 0.3) is 35.1 Å². The maximum absolute atomic E-state index is 8.82. The lowest BCUT2D eigenvalue weighted by Crippen LogP contribution is -1.80. The summed E-state index contributed by atoms with van der Waals surface area (Å²) in [5.74, 6) is 1.17. The summed E-state index contributed by atoms with van der Waals surface area (Å²) in [5.41, 5.74) is 4.83. The lowest BCUT2D eigenvalue weighted by Gasteiger charge is -1.99. The summed E-state index contributed by atoms with van der Waals surface area (Å²) in [5, 5.41) is 11.6. The molecule has 1 aliphatic rings. The van der Waals surface area contributed by atoms with E-state index in [2.05, 4.69) is 61.7 Å². The molecule has 0 aliphatic heterocycles. The summed E-state index contributed by atoms with van der Waals surface area (Å²) in [4.78, 5) is 0. The number of phenols is 1. The normalized spacial score (nSPS) is 10.4. The minimum absolute atomic E-state index is 0.292. The molecule has 4 aromatic carbocycles. The van der Waals surface area contributed by atoms with Gasteiger partial charge in [0.25, 0.3) is 0 Å². The van der Waals surface area contributed by atoms with Gasteiger partial charge in [-0.25, -0.2) is 0 Å². The molecule has 5 rings (SSSR count). The maximum atomic E-state index is 8.82. The first-order chi connectivity index (χ1) is 15.1. The van der Waals surface area contributed by atoms with Crippen LogP contribution >= 0.6 is 0 Å². The van der Waals surface area contributed by atoms with Gasteiger partial charge in [-0.2, -0.15) is 0 Å². The summed E-state index contributed by atoms with van der Waals surface area (Å²) in [6, 6.07) is 27.5. The van der Waals surface area contributed by atoms with Crippen molar-refractivity contribution in [3.05, 3.63) is 120 Å². The zero-order chi connectivity index (χ0) is 22.1. The Morgan fingerprint density at radius 2 is 1.16 bits per heavy atom. The monoisotopic (exact) mass is 406 g/mol. The highest BCUT2D eigenvalue weighted by Gasteiger charge is 2.06. The van der Waals surface area contributed by atoms with Crippen molar-refractivity contribution in [1.29, 1.82) is 0 Å². The molecule has 0 radical (unpaired) electrons. The highest BCUT2D eigenvalue weighted by molar-refractivity contribution is 6.04. The van der Waals surface area contributed by atoms with Gasteiger partial charge >= 0.3 is 0 Å². The van der Waals surface area contributed by atoms with Crippen LogP contribution in [0.3, 0.4) is 0 Å². The lowest BCUT2D eigenvalue weighted by atomic mass is 10.0. The molecule has 0 unspecified atom stereocenters. The molecule has 2 nitrogen and oxygen atoms in total. The second-order valence-corrected chi connectivity index (χ2v) is 6.90. The van der Waals surface area contributed by atoms with Gasteiger partial charge in [0.15, 0.2) is 0 Å². The molecule has 1 aliphatic carbocycles. The number of ether oxygens (including phenoxy) is 1. The van der Waals surface area contributed by atoms with Gasteiger partial charge in [-0.3, -0.25) is 0 Å². The third-order valence-corrected chi connectivity index (χ3v) is 4.89. The molecule has 0 saturated carbocycles. The molecule has 0 amide bonds. The van der Waals surface area contributed by atoms with E-state index in [1.165, 1.54) is 21.9 Å². The quantitative estimate of drug-likeness (QED) is 0.333. The predicted molar refractivity (Wildman–Crippen MR) is 134 cm³/mol. The van der Waals surface area contributed by atoms with Gasteiger partial charge in [0, 0.05) is 0 Å². The van der Waals surface area contributed by atoms with Gasteiger partial charge in [-0.05, 0) is 57.3 Å². The van der Waals surface area contributed by atoms with E-state index in [0.29, 0.717) is 5.75 Å². The third-order valence-electron chi connectivity index (χ3n) is 4.89. The first-order valence-electron chi connectivity index (χ1n) is 10.0. The van der Waals surface area contributed by atoms with Crippen molar-refractivity contribution in [1.82, 2.24) is 0 Å². The van der Waals surface area contributed by atoms with Gasteiger partial charge in [0.2, 0.25) is 0 Å². The molecule has 154 valence electrons. The van der Waals surface area contributed by atoms with Crippen molar-refractivity contribution >= 4 is 35.1 Å². The molecule has 1 N–H and O–H groups in total. The van der Waals surface area contributed by atoms with Crippen LogP contribution in [0.1, 0.15) is 22.3 Å². The third kappa shape index (κ3) is 5.74. The van der Waals surface area contributed by atoms with E-state index in [1.54, 1.807) is 31.4 Å². The van der Waals surface area contributed by atoms with Crippen molar-refractivity contribution in [2.75, 3.05) is 7.11 Å². The molecule has 0 saturated heterocycles. The lowest BCUT2D eigenvalue weighted by molar-refractivity contribution is 0.415.